The van der Waals surface area contributed by atoms with Gasteiger partial charge in [-0.25, -0.2) is 0 Å². The minimum atomic E-state index is 0.263. The first-order chi connectivity index (χ1) is 8.63. The fraction of sp³-hybridized carbons (Fsp3) is 0.571. The van der Waals surface area contributed by atoms with Crippen molar-refractivity contribution in [1.82, 2.24) is 5.32 Å². The first kappa shape index (κ1) is 12.9. The molecule has 0 saturated carbocycles. The number of fused-ring (bicyclic) bond motifs is 2. The molecule has 0 aliphatic carbocycles. The smallest absolute Gasteiger partial charge is 0.0733 e. The van der Waals surface area contributed by atoms with Gasteiger partial charge in [0.05, 0.1) is 12.2 Å². The summed E-state index contributed by atoms with van der Waals surface area (Å²) in [5, 5.41) is 4.48. The van der Waals surface area contributed by atoms with Crippen molar-refractivity contribution in [1.29, 1.82) is 0 Å². The van der Waals surface area contributed by atoms with Crippen LogP contribution in [0.3, 0.4) is 0 Å². The summed E-state index contributed by atoms with van der Waals surface area (Å²) in [7, 11) is 0. The van der Waals surface area contributed by atoms with Crippen LogP contribution in [0.25, 0.3) is 0 Å². The maximum Gasteiger partial charge on any atom is 0.0733 e. The normalized spacial score (nSPS) is 31.8. The Labute approximate surface area is 121 Å². The third-order valence-corrected chi connectivity index (χ3v) is 4.82. The van der Waals surface area contributed by atoms with E-state index in [9.17, 15) is 0 Å². The van der Waals surface area contributed by atoms with Crippen molar-refractivity contribution in [2.24, 2.45) is 0 Å². The van der Waals surface area contributed by atoms with Crippen LogP contribution < -0.4 is 5.32 Å². The van der Waals surface area contributed by atoms with Crippen LogP contribution in [0.2, 0.25) is 5.02 Å². The van der Waals surface area contributed by atoms with Gasteiger partial charge in [0.2, 0.25) is 0 Å². The summed E-state index contributed by atoms with van der Waals surface area (Å²) in [5.74, 6) is 0. The van der Waals surface area contributed by atoms with Crippen molar-refractivity contribution in [3.05, 3.63) is 33.3 Å². The van der Waals surface area contributed by atoms with Crippen LogP contribution in [0.1, 0.15) is 37.8 Å². The van der Waals surface area contributed by atoms with Gasteiger partial charge in [-0.3, -0.25) is 0 Å². The molecule has 0 spiro atoms. The van der Waals surface area contributed by atoms with Gasteiger partial charge in [-0.1, -0.05) is 33.6 Å². The maximum atomic E-state index is 6.29. The summed E-state index contributed by atoms with van der Waals surface area (Å²) < 4.78 is 6.89. The zero-order valence-corrected chi connectivity index (χ0v) is 12.7. The van der Waals surface area contributed by atoms with E-state index in [1.54, 1.807) is 0 Å². The number of halogens is 2. The highest BCUT2D eigenvalue weighted by molar-refractivity contribution is 9.10. The van der Waals surface area contributed by atoms with Crippen molar-refractivity contribution in [3.8, 4) is 0 Å². The zero-order valence-electron chi connectivity index (χ0n) is 10.3. The van der Waals surface area contributed by atoms with Crippen LogP contribution in [0.5, 0.6) is 0 Å². The van der Waals surface area contributed by atoms with E-state index in [1.165, 1.54) is 12.8 Å². The molecule has 1 N–H and O–H groups in total. The summed E-state index contributed by atoms with van der Waals surface area (Å²) in [4.78, 5) is 0. The van der Waals surface area contributed by atoms with Gasteiger partial charge in [0.15, 0.2) is 0 Å². The second kappa shape index (κ2) is 5.12. The van der Waals surface area contributed by atoms with E-state index in [-0.39, 0.29) is 6.04 Å². The molecule has 2 aliphatic rings. The van der Waals surface area contributed by atoms with Crippen LogP contribution in [0.4, 0.5) is 0 Å². The summed E-state index contributed by atoms with van der Waals surface area (Å²) in [5.41, 5.74) is 1.16. The van der Waals surface area contributed by atoms with Gasteiger partial charge < -0.3 is 10.1 Å². The van der Waals surface area contributed by atoms with Crippen LogP contribution in [0.15, 0.2) is 22.7 Å². The van der Waals surface area contributed by atoms with E-state index in [0.717, 1.165) is 21.5 Å². The van der Waals surface area contributed by atoms with E-state index < -0.39 is 0 Å². The number of hydrogen-bond acceptors (Lipinski definition) is 2. The van der Waals surface area contributed by atoms with Crippen LogP contribution in [-0.2, 0) is 4.74 Å². The molecular weight excluding hydrogens is 314 g/mol. The molecule has 0 radical (unpaired) electrons. The lowest BCUT2D eigenvalue weighted by atomic mass is 9.94. The van der Waals surface area contributed by atoms with E-state index in [0.29, 0.717) is 18.2 Å². The number of ether oxygens (including phenoxy) is 1. The fourth-order valence-electron chi connectivity index (χ4n) is 3.08. The Morgan fingerprint density at radius 1 is 1.44 bits per heavy atom. The van der Waals surface area contributed by atoms with Gasteiger partial charge >= 0.3 is 0 Å². The lowest BCUT2D eigenvalue weighted by Gasteiger charge is -2.25. The van der Waals surface area contributed by atoms with Crippen LogP contribution in [-0.4, -0.2) is 18.2 Å². The third-order valence-electron chi connectivity index (χ3n) is 4.00. The van der Waals surface area contributed by atoms with Gasteiger partial charge in [0.1, 0.15) is 0 Å². The number of rotatable bonds is 3. The molecule has 2 saturated heterocycles. The maximum absolute atomic E-state index is 6.29. The zero-order chi connectivity index (χ0) is 12.7. The minimum Gasteiger partial charge on any atom is -0.373 e. The molecule has 1 aromatic rings. The summed E-state index contributed by atoms with van der Waals surface area (Å²) in [6, 6.07) is 6.82. The molecular formula is C14H17BrClNO. The van der Waals surface area contributed by atoms with Crippen LogP contribution in [0, 0.1) is 0 Å². The van der Waals surface area contributed by atoms with Crippen molar-refractivity contribution >= 4 is 27.5 Å². The predicted molar refractivity (Wildman–Crippen MR) is 77.0 cm³/mol. The van der Waals surface area contributed by atoms with E-state index in [2.05, 4.69) is 34.2 Å². The summed E-state index contributed by atoms with van der Waals surface area (Å²) in [6.45, 7) is 2.17. The quantitative estimate of drug-likeness (QED) is 0.902. The van der Waals surface area contributed by atoms with Crippen molar-refractivity contribution in [2.45, 2.75) is 50.5 Å². The highest BCUT2D eigenvalue weighted by atomic mass is 79.9. The van der Waals surface area contributed by atoms with E-state index in [4.69, 9.17) is 16.3 Å². The lowest BCUT2D eigenvalue weighted by Crippen LogP contribution is -2.39. The topological polar surface area (TPSA) is 21.3 Å². The minimum absolute atomic E-state index is 0.263. The van der Waals surface area contributed by atoms with Crippen LogP contribution >= 0.6 is 27.5 Å². The van der Waals surface area contributed by atoms with Crippen molar-refractivity contribution < 1.29 is 4.74 Å². The number of hydrogen-bond donors (Lipinski definition) is 1. The lowest BCUT2D eigenvalue weighted by molar-refractivity contribution is 0.0962. The second-order valence-corrected chi connectivity index (χ2v) is 6.59. The fourth-order valence-corrected chi connectivity index (χ4v) is 3.91. The van der Waals surface area contributed by atoms with Gasteiger partial charge in [0.25, 0.3) is 0 Å². The highest BCUT2D eigenvalue weighted by Crippen LogP contribution is 2.36. The Morgan fingerprint density at radius 3 is 2.89 bits per heavy atom. The number of benzene rings is 1. The predicted octanol–water partition coefficient (Wildman–Crippen LogP) is 4.07. The number of nitrogens with one attached hydrogen (secondary N) is 1. The molecule has 0 aromatic heterocycles. The average Bonchev–Trinajstić information content (AvgIpc) is 2.90. The Balaban J connectivity index is 1.69. The van der Waals surface area contributed by atoms with Crippen molar-refractivity contribution in [2.75, 3.05) is 0 Å². The molecule has 2 aliphatic heterocycles. The first-order valence-corrected chi connectivity index (χ1v) is 7.67. The molecule has 3 rings (SSSR count). The Kier molecular flexibility index (Phi) is 3.68. The highest BCUT2D eigenvalue weighted by Gasteiger charge is 2.41. The standard InChI is InChI=1S/C14H17BrClNO/c1-8(11-4-2-9(15)6-12(11)16)17-13-7-10-3-5-14(13)18-10/h2,4,6,8,10,13-14,17H,3,5,7H2,1H3. The molecule has 1 aromatic carbocycles. The Morgan fingerprint density at radius 2 is 2.28 bits per heavy atom. The summed E-state index contributed by atoms with van der Waals surface area (Å²) >= 11 is 9.72. The first-order valence-electron chi connectivity index (χ1n) is 6.50. The molecule has 0 amide bonds. The third kappa shape index (κ3) is 2.46. The molecule has 2 bridgehead atoms. The SMILES string of the molecule is CC(NC1CC2CCC1O2)c1ccc(Br)cc1Cl. The monoisotopic (exact) mass is 329 g/mol. The molecule has 98 valence electrons. The molecule has 2 nitrogen and oxygen atoms in total. The summed E-state index contributed by atoms with van der Waals surface area (Å²) in [6.07, 6.45) is 4.47. The van der Waals surface area contributed by atoms with E-state index >= 15 is 0 Å². The van der Waals surface area contributed by atoms with Crippen molar-refractivity contribution in [3.63, 3.8) is 0 Å². The van der Waals surface area contributed by atoms with E-state index in [1.807, 2.05) is 12.1 Å². The molecule has 18 heavy (non-hydrogen) atoms. The Bertz CT molecular complexity index is 453. The largest absolute Gasteiger partial charge is 0.373 e. The van der Waals surface area contributed by atoms with Gasteiger partial charge in [-0.15, -0.1) is 0 Å². The Hall–Kier alpha value is -0.0900. The van der Waals surface area contributed by atoms with Gasteiger partial charge in [-0.05, 0) is 43.9 Å². The average molecular weight is 331 g/mol. The molecule has 4 heteroatoms. The molecule has 4 unspecified atom stereocenters. The molecule has 2 fully saturated rings. The van der Waals surface area contributed by atoms with Gasteiger partial charge in [0, 0.05) is 21.6 Å². The van der Waals surface area contributed by atoms with Gasteiger partial charge in [-0.2, -0.15) is 0 Å². The molecule has 4 atom stereocenters. The second-order valence-electron chi connectivity index (χ2n) is 5.27. The molecule has 2 heterocycles.